The highest BCUT2D eigenvalue weighted by Crippen LogP contribution is 2.30. The summed E-state index contributed by atoms with van der Waals surface area (Å²) in [5.74, 6) is -0.450. The summed E-state index contributed by atoms with van der Waals surface area (Å²) in [4.78, 5) is 12.6. The zero-order valence-corrected chi connectivity index (χ0v) is 19.7. The molecule has 0 aliphatic rings. The van der Waals surface area contributed by atoms with E-state index < -0.39 is 16.0 Å². The van der Waals surface area contributed by atoms with E-state index in [0.29, 0.717) is 15.7 Å². The molecule has 3 rings (SSSR count). The van der Waals surface area contributed by atoms with Crippen LogP contribution in [0.5, 0.6) is 5.75 Å². The third-order valence-corrected chi connectivity index (χ3v) is 6.58. The molecule has 1 amide bonds. The molecule has 0 spiro atoms. The van der Waals surface area contributed by atoms with Crippen molar-refractivity contribution in [3.8, 4) is 11.8 Å². The van der Waals surface area contributed by atoms with Crippen molar-refractivity contribution in [1.82, 2.24) is 0 Å². The number of carbonyl (C=O) groups is 1. The summed E-state index contributed by atoms with van der Waals surface area (Å²) in [6, 6.07) is 19.8. The van der Waals surface area contributed by atoms with Crippen LogP contribution in [0.15, 0.2) is 81.7 Å². The van der Waals surface area contributed by atoms with Gasteiger partial charge >= 0.3 is 10.1 Å². The maximum absolute atomic E-state index is 12.6. The molecule has 0 atom stereocenters. The number of halogens is 1. The average Bonchev–Trinajstić information content (AvgIpc) is 2.77. The highest BCUT2D eigenvalue weighted by atomic mass is 79.9. The van der Waals surface area contributed by atoms with Crippen molar-refractivity contribution in [3.05, 3.63) is 93.5 Å². The van der Waals surface area contributed by atoms with Crippen molar-refractivity contribution in [2.75, 3.05) is 5.32 Å². The van der Waals surface area contributed by atoms with Gasteiger partial charge in [0.15, 0.2) is 5.75 Å². The van der Waals surface area contributed by atoms with E-state index in [1.165, 1.54) is 24.3 Å². The van der Waals surface area contributed by atoms with Crippen LogP contribution in [0.4, 0.5) is 5.69 Å². The Morgan fingerprint density at radius 2 is 1.78 bits per heavy atom. The summed E-state index contributed by atoms with van der Waals surface area (Å²) < 4.78 is 30.4. The molecular weight excluding hydrogens is 492 g/mol. The van der Waals surface area contributed by atoms with E-state index in [0.717, 1.165) is 11.1 Å². The molecular formula is C24H19BrN2O4S. The topological polar surface area (TPSA) is 96.3 Å². The van der Waals surface area contributed by atoms with Crippen molar-refractivity contribution < 1.29 is 17.4 Å². The molecule has 0 aromatic heterocycles. The molecule has 1 N–H and O–H groups in total. The number of benzene rings is 3. The van der Waals surface area contributed by atoms with E-state index in [4.69, 9.17) is 4.18 Å². The van der Waals surface area contributed by atoms with Crippen LogP contribution in [0, 0.1) is 25.2 Å². The first-order chi connectivity index (χ1) is 15.2. The molecule has 0 radical (unpaired) electrons. The third kappa shape index (κ3) is 5.44. The van der Waals surface area contributed by atoms with E-state index >= 15 is 0 Å². The predicted octanol–water partition coefficient (Wildman–Crippen LogP) is 5.38. The van der Waals surface area contributed by atoms with Gasteiger partial charge < -0.3 is 9.50 Å². The first kappa shape index (κ1) is 23.3. The second-order valence-corrected chi connectivity index (χ2v) is 9.31. The van der Waals surface area contributed by atoms with Crippen LogP contribution in [-0.4, -0.2) is 14.3 Å². The minimum Gasteiger partial charge on any atom is -0.378 e. The highest BCUT2D eigenvalue weighted by Gasteiger charge is 2.18. The number of amides is 1. The van der Waals surface area contributed by atoms with Gasteiger partial charge in [-0.2, -0.15) is 13.7 Å². The van der Waals surface area contributed by atoms with Crippen LogP contribution in [0.3, 0.4) is 0 Å². The van der Waals surface area contributed by atoms with Gasteiger partial charge in [-0.05, 0) is 82.9 Å². The molecule has 0 heterocycles. The summed E-state index contributed by atoms with van der Waals surface area (Å²) in [5.41, 5.74) is 3.00. The van der Waals surface area contributed by atoms with Crippen molar-refractivity contribution in [2.45, 2.75) is 18.7 Å². The minimum atomic E-state index is -3.99. The fourth-order valence-corrected chi connectivity index (χ4v) is 4.37. The Morgan fingerprint density at radius 1 is 1.06 bits per heavy atom. The fraction of sp³-hybridized carbons (Fsp3) is 0.0833. The van der Waals surface area contributed by atoms with Gasteiger partial charge in [-0.3, -0.25) is 4.79 Å². The molecule has 0 unspecified atom stereocenters. The van der Waals surface area contributed by atoms with Crippen molar-refractivity contribution in [2.24, 2.45) is 0 Å². The summed E-state index contributed by atoms with van der Waals surface area (Å²) in [6.45, 7) is 3.82. The molecule has 0 saturated heterocycles. The van der Waals surface area contributed by atoms with Crippen LogP contribution < -0.4 is 9.50 Å². The number of aryl methyl sites for hydroxylation is 1. The van der Waals surface area contributed by atoms with E-state index in [1.807, 2.05) is 32.0 Å². The number of rotatable bonds is 6. The Hall–Kier alpha value is -3.41. The van der Waals surface area contributed by atoms with Gasteiger partial charge in [0.25, 0.3) is 5.91 Å². The molecule has 3 aromatic rings. The average molecular weight is 511 g/mol. The van der Waals surface area contributed by atoms with Crippen LogP contribution in [0.1, 0.15) is 16.7 Å². The number of hydrogen-bond donors (Lipinski definition) is 1. The number of hydrogen-bond acceptors (Lipinski definition) is 5. The fourth-order valence-electron chi connectivity index (χ4n) is 2.82. The third-order valence-electron chi connectivity index (χ3n) is 4.72. The smallest absolute Gasteiger partial charge is 0.339 e. The molecule has 8 heteroatoms. The summed E-state index contributed by atoms with van der Waals surface area (Å²) in [6.07, 6.45) is 1.42. The van der Waals surface area contributed by atoms with E-state index in [9.17, 15) is 18.5 Å². The van der Waals surface area contributed by atoms with Crippen molar-refractivity contribution >= 4 is 43.7 Å². The molecule has 0 aliphatic heterocycles. The maximum atomic E-state index is 12.6. The molecule has 0 aliphatic carbocycles. The van der Waals surface area contributed by atoms with Crippen molar-refractivity contribution in [1.29, 1.82) is 5.26 Å². The van der Waals surface area contributed by atoms with Gasteiger partial charge in [0, 0.05) is 5.69 Å². The van der Waals surface area contributed by atoms with Gasteiger partial charge in [0.2, 0.25) is 0 Å². The number of anilines is 1. The summed E-state index contributed by atoms with van der Waals surface area (Å²) in [7, 11) is -3.99. The second kappa shape index (κ2) is 9.81. The van der Waals surface area contributed by atoms with Gasteiger partial charge in [0.05, 0.1) is 4.47 Å². The molecule has 32 heavy (non-hydrogen) atoms. The molecule has 3 aromatic carbocycles. The lowest BCUT2D eigenvalue weighted by atomic mass is 10.1. The Bertz CT molecular complexity index is 1340. The normalized spacial score (nSPS) is 11.5. The lowest BCUT2D eigenvalue weighted by molar-refractivity contribution is -0.112. The molecule has 162 valence electrons. The molecule has 0 fully saturated rings. The van der Waals surface area contributed by atoms with E-state index in [-0.39, 0.29) is 16.2 Å². The Morgan fingerprint density at radius 3 is 2.44 bits per heavy atom. The summed E-state index contributed by atoms with van der Waals surface area (Å²) >= 11 is 3.29. The molecule has 0 bridgehead atoms. The number of carbonyl (C=O) groups excluding carboxylic acids is 1. The lowest BCUT2D eigenvalue weighted by Crippen LogP contribution is -2.14. The quantitative estimate of drug-likeness (QED) is 0.272. The van der Waals surface area contributed by atoms with Gasteiger partial charge in [0.1, 0.15) is 16.5 Å². The van der Waals surface area contributed by atoms with Crippen molar-refractivity contribution in [3.63, 3.8) is 0 Å². The maximum Gasteiger partial charge on any atom is 0.339 e. The second-order valence-electron chi connectivity index (χ2n) is 6.91. The minimum absolute atomic E-state index is 0.0331. The SMILES string of the molecule is Cc1cccc(NC(=O)/C(C#N)=C/c2ccc(OS(=O)(=O)c3ccccc3)c(Br)c2)c1C. The zero-order valence-electron chi connectivity index (χ0n) is 17.3. The predicted molar refractivity (Wildman–Crippen MR) is 127 cm³/mol. The molecule has 0 saturated carbocycles. The van der Waals surface area contributed by atoms with E-state index in [2.05, 4.69) is 21.2 Å². The number of nitrogens with one attached hydrogen (secondary N) is 1. The monoisotopic (exact) mass is 510 g/mol. The first-order valence-electron chi connectivity index (χ1n) is 9.50. The van der Waals surface area contributed by atoms with Crippen LogP contribution >= 0.6 is 15.9 Å². The molecule has 6 nitrogen and oxygen atoms in total. The number of nitrogens with zero attached hydrogens (tertiary/aromatic N) is 1. The van der Waals surface area contributed by atoms with Gasteiger partial charge in [-0.25, -0.2) is 0 Å². The standard InChI is InChI=1S/C24H19BrN2O4S/c1-16-7-6-10-22(17(16)2)27-24(28)19(15-26)13-18-11-12-23(21(25)14-18)31-32(29,30)20-8-4-3-5-9-20/h3-14H,1-2H3,(H,27,28)/b19-13+. The largest absolute Gasteiger partial charge is 0.378 e. The van der Waals surface area contributed by atoms with E-state index in [1.54, 1.807) is 36.4 Å². The Kier molecular flexibility index (Phi) is 7.13. The van der Waals surface area contributed by atoms with Crippen LogP contribution in [0.25, 0.3) is 6.08 Å². The summed E-state index contributed by atoms with van der Waals surface area (Å²) in [5, 5.41) is 12.2. The first-order valence-corrected chi connectivity index (χ1v) is 11.7. The van der Waals surface area contributed by atoms with Gasteiger partial charge in [-0.1, -0.05) is 36.4 Å². The lowest BCUT2D eigenvalue weighted by Gasteiger charge is -2.10. The zero-order chi connectivity index (χ0) is 23.3. The Labute approximate surface area is 195 Å². The van der Waals surface area contributed by atoms with Crippen LogP contribution in [0.2, 0.25) is 0 Å². The Balaban J connectivity index is 1.82. The van der Waals surface area contributed by atoms with Gasteiger partial charge in [-0.15, -0.1) is 0 Å². The van der Waals surface area contributed by atoms with Crippen LogP contribution in [-0.2, 0) is 14.9 Å². The number of nitriles is 1. The highest BCUT2D eigenvalue weighted by molar-refractivity contribution is 9.10.